The first-order chi connectivity index (χ1) is 9.19. The number of carbonyl (C=O) groups excluding carboxylic acids is 1. The molecule has 0 saturated heterocycles. The molecule has 4 nitrogen and oxygen atoms in total. The van der Waals surface area contributed by atoms with Crippen LogP contribution in [0, 0.1) is 5.92 Å². The molecule has 0 heterocycles. The van der Waals surface area contributed by atoms with Crippen LogP contribution >= 0.6 is 0 Å². The third-order valence-electron chi connectivity index (χ3n) is 3.05. The predicted molar refractivity (Wildman–Crippen MR) is 77.4 cm³/mol. The minimum atomic E-state index is -0.389. The zero-order valence-electron chi connectivity index (χ0n) is 11.6. The maximum absolute atomic E-state index is 11.8. The van der Waals surface area contributed by atoms with Crippen molar-refractivity contribution in [1.29, 1.82) is 0 Å². The van der Waals surface area contributed by atoms with Crippen molar-refractivity contribution in [2.24, 2.45) is 11.0 Å². The molecule has 19 heavy (non-hydrogen) atoms. The fourth-order valence-corrected chi connectivity index (χ4v) is 1.78. The minimum absolute atomic E-state index is 0.0341. The van der Waals surface area contributed by atoms with Gasteiger partial charge in [0.1, 0.15) is 5.75 Å². The average Bonchev–Trinajstić information content (AvgIpc) is 2.42. The smallest absolute Gasteiger partial charge is 0.275 e. The zero-order valence-corrected chi connectivity index (χ0v) is 11.6. The van der Waals surface area contributed by atoms with E-state index >= 15 is 0 Å². The molecule has 1 aromatic carbocycles. The van der Waals surface area contributed by atoms with Crippen molar-refractivity contribution in [3.63, 3.8) is 0 Å². The number of hydrogen-bond donors (Lipinski definition) is 2. The monoisotopic (exact) mass is 262 g/mol. The Labute approximate surface area is 114 Å². The minimum Gasteiger partial charge on any atom is -0.507 e. The number of carbonyl (C=O) groups is 1. The summed E-state index contributed by atoms with van der Waals surface area (Å²) >= 11 is 0. The standard InChI is InChI=1S/C15H22N2O2/c1-3-5-8-12(4-2)11-16-17-15(19)13-9-6-7-10-14(13)18/h6-7,9-12,18H,3-5,8H2,1-2H3,(H,17,19)/b16-11-/t12-/m1/s1. The summed E-state index contributed by atoms with van der Waals surface area (Å²) in [5, 5.41) is 13.5. The number of hydrazone groups is 1. The molecule has 0 bridgehead atoms. The molecule has 0 unspecified atom stereocenters. The van der Waals surface area contributed by atoms with E-state index in [9.17, 15) is 9.90 Å². The molecule has 1 aromatic rings. The Bertz CT molecular complexity index is 430. The molecule has 0 aliphatic rings. The third kappa shape index (κ3) is 5.12. The van der Waals surface area contributed by atoms with Gasteiger partial charge in [0.15, 0.2) is 0 Å². The van der Waals surface area contributed by atoms with Crippen LogP contribution in [0.5, 0.6) is 5.75 Å². The van der Waals surface area contributed by atoms with Gasteiger partial charge in [-0.2, -0.15) is 5.10 Å². The highest BCUT2D eigenvalue weighted by Crippen LogP contribution is 2.15. The van der Waals surface area contributed by atoms with E-state index < -0.39 is 0 Å². The number of benzene rings is 1. The van der Waals surface area contributed by atoms with E-state index in [1.165, 1.54) is 6.07 Å². The molecule has 1 atom stereocenters. The van der Waals surface area contributed by atoms with Gasteiger partial charge in [0.25, 0.3) is 5.91 Å². The number of phenols is 1. The number of nitrogens with one attached hydrogen (secondary N) is 1. The van der Waals surface area contributed by atoms with Crippen LogP contribution in [-0.4, -0.2) is 17.2 Å². The number of nitrogens with zero attached hydrogens (tertiary/aromatic N) is 1. The summed E-state index contributed by atoms with van der Waals surface area (Å²) in [6.45, 7) is 4.26. The van der Waals surface area contributed by atoms with Gasteiger partial charge in [0.05, 0.1) is 5.56 Å². The van der Waals surface area contributed by atoms with Gasteiger partial charge in [-0.15, -0.1) is 0 Å². The fraction of sp³-hybridized carbons (Fsp3) is 0.467. The van der Waals surface area contributed by atoms with Crippen molar-refractivity contribution in [2.75, 3.05) is 0 Å². The highest BCUT2D eigenvalue weighted by Gasteiger charge is 2.09. The number of amides is 1. The lowest BCUT2D eigenvalue weighted by Crippen LogP contribution is -2.18. The predicted octanol–water partition coefficient (Wildman–Crippen LogP) is 3.32. The quantitative estimate of drug-likeness (QED) is 0.585. The van der Waals surface area contributed by atoms with E-state index in [4.69, 9.17) is 0 Å². The van der Waals surface area contributed by atoms with Crippen LogP contribution in [0.3, 0.4) is 0 Å². The average molecular weight is 262 g/mol. The summed E-state index contributed by atoms with van der Waals surface area (Å²) in [5.74, 6) is -0.0301. The lowest BCUT2D eigenvalue weighted by atomic mass is 10.0. The van der Waals surface area contributed by atoms with Gasteiger partial charge in [0.2, 0.25) is 0 Å². The summed E-state index contributed by atoms with van der Waals surface area (Å²) in [6.07, 6.45) is 6.21. The Morgan fingerprint density at radius 1 is 1.42 bits per heavy atom. The van der Waals surface area contributed by atoms with Crippen LogP contribution in [0.4, 0.5) is 0 Å². The van der Waals surface area contributed by atoms with Crippen LogP contribution in [0.2, 0.25) is 0 Å². The van der Waals surface area contributed by atoms with Gasteiger partial charge in [0, 0.05) is 6.21 Å². The van der Waals surface area contributed by atoms with Crippen LogP contribution in [0.25, 0.3) is 0 Å². The largest absolute Gasteiger partial charge is 0.507 e. The van der Waals surface area contributed by atoms with Crippen LogP contribution in [-0.2, 0) is 0 Å². The number of para-hydroxylation sites is 1. The molecule has 1 rings (SSSR count). The Kier molecular flexibility index (Phi) is 6.64. The number of aromatic hydroxyl groups is 1. The lowest BCUT2D eigenvalue weighted by molar-refractivity contribution is 0.0952. The topological polar surface area (TPSA) is 61.7 Å². The van der Waals surface area contributed by atoms with E-state index in [1.54, 1.807) is 24.4 Å². The highest BCUT2D eigenvalue weighted by atomic mass is 16.3. The molecule has 0 radical (unpaired) electrons. The first-order valence-corrected chi connectivity index (χ1v) is 6.80. The molecule has 4 heteroatoms. The maximum atomic E-state index is 11.8. The Hall–Kier alpha value is -1.84. The number of phenolic OH excluding ortho intramolecular Hbond substituents is 1. The fourth-order valence-electron chi connectivity index (χ4n) is 1.78. The third-order valence-corrected chi connectivity index (χ3v) is 3.05. The number of rotatable bonds is 7. The molecule has 1 amide bonds. The van der Waals surface area contributed by atoms with Gasteiger partial charge in [-0.25, -0.2) is 5.43 Å². The Morgan fingerprint density at radius 2 is 2.16 bits per heavy atom. The van der Waals surface area contributed by atoms with Crippen molar-refractivity contribution in [1.82, 2.24) is 5.43 Å². The highest BCUT2D eigenvalue weighted by molar-refractivity contribution is 5.96. The van der Waals surface area contributed by atoms with E-state index in [-0.39, 0.29) is 17.2 Å². The van der Waals surface area contributed by atoms with Crippen molar-refractivity contribution < 1.29 is 9.90 Å². The van der Waals surface area contributed by atoms with E-state index in [2.05, 4.69) is 24.4 Å². The maximum Gasteiger partial charge on any atom is 0.275 e. The summed E-state index contributed by atoms with van der Waals surface area (Å²) in [4.78, 5) is 11.8. The lowest BCUT2D eigenvalue weighted by Gasteiger charge is -2.08. The second-order valence-corrected chi connectivity index (χ2v) is 4.55. The first kappa shape index (κ1) is 15.2. The van der Waals surface area contributed by atoms with Gasteiger partial charge in [-0.05, 0) is 30.9 Å². The number of unbranched alkanes of at least 4 members (excludes halogenated alkanes) is 1. The second kappa shape index (κ2) is 8.29. The van der Waals surface area contributed by atoms with E-state index in [0.29, 0.717) is 5.92 Å². The van der Waals surface area contributed by atoms with Crippen molar-refractivity contribution in [2.45, 2.75) is 39.5 Å². The van der Waals surface area contributed by atoms with Gasteiger partial charge in [-0.3, -0.25) is 4.79 Å². The molecule has 0 aliphatic heterocycles. The number of hydrogen-bond acceptors (Lipinski definition) is 3. The summed E-state index contributed by atoms with van der Waals surface area (Å²) < 4.78 is 0. The Morgan fingerprint density at radius 3 is 2.79 bits per heavy atom. The summed E-state index contributed by atoms with van der Waals surface area (Å²) in [7, 11) is 0. The van der Waals surface area contributed by atoms with Gasteiger partial charge in [-0.1, -0.05) is 38.8 Å². The molecule has 104 valence electrons. The molecule has 0 aromatic heterocycles. The normalized spacial score (nSPS) is 12.5. The first-order valence-electron chi connectivity index (χ1n) is 6.80. The van der Waals surface area contributed by atoms with Crippen molar-refractivity contribution in [3.05, 3.63) is 29.8 Å². The molecular weight excluding hydrogens is 240 g/mol. The SMILES string of the molecule is CCCC[C@H](/C=N\NC(=O)c1ccccc1O)CC. The van der Waals surface area contributed by atoms with Gasteiger partial charge >= 0.3 is 0 Å². The molecule has 2 N–H and O–H groups in total. The van der Waals surface area contributed by atoms with Gasteiger partial charge < -0.3 is 5.11 Å². The van der Waals surface area contributed by atoms with Crippen molar-refractivity contribution in [3.8, 4) is 5.75 Å². The Balaban J connectivity index is 2.51. The van der Waals surface area contributed by atoms with E-state index in [1.807, 2.05) is 0 Å². The van der Waals surface area contributed by atoms with Crippen LogP contribution < -0.4 is 5.43 Å². The molecule has 0 saturated carbocycles. The van der Waals surface area contributed by atoms with Crippen LogP contribution in [0.15, 0.2) is 29.4 Å². The van der Waals surface area contributed by atoms with E-state index in [0.717, 1.165) is 25.7 Å². The molecule has 0 fully saturated rings. The molecule has 0 spiro atoms. The van der Waals surface area contributed by atoms with Crippen molar-refractivity contribution >= 4 is 12.1 Å². The second-order valence-electron chi connectivity index (χ2n) is 4.55. The molecule has 0 aliphatic carbocycles. The summed E-state index contributed by atoms with van der Waals surface area (Å²) in [5.41, 5.74) is 2.69. The van der Waals surface area contributed by atoms with Crippen LogP contribution in [0.1, 0.15) is 49.9 Å². The zero-order chi connectivity index (χ0) is 14.1. The summed E-state index contributed by atoms with van der Waals surface area (Å²) in [6, 6.07) is 6.42. The molecular formula is C15H22N2O2.